The van der Waals surface area contributed by atoms with Gasteiger partial charge >= 0.3 is 0 Å². The highest BCUT2D eigenvalue weighted by atomic mass is 32.1. The molecule has 1 aliphatic carbocycles. The Morgan fingerprint density at radius 2 is 1.70 bits per heavy atom. The van der Waals surface area contributed by atoms with Gasteiger partial charge in [-0.1, -0.05) is 50.8 Å². The van der Waals surface area contributed by atoms with E-state index in [0.29, 0.717) is 5.92 Å². The second-order valence-corrected chi connectivity index (χ2v) is 16.0. The molecular formula is C41H44N6O2S. The van der Waals surface area contributed by atoms with Crippen molar-refractivity contribution in [3.8, 4) is 23.1 Å². The first-order valence-electron chi connectivity index (χ1n) is 18.0. The summed E-state index contributed by atoms with van der Waals surface area (Å²) in [6.07, 6.45) is 7.13. The maximum absolute atomic E-state index is 13.5. The van der Waals surface area contributed by atoms with Crippen LogP contribution in [0.1, 0.15) is 105 Å². The lowest BCUT2D eigenvalue weighted by molar-refractivity contribution is -0.137. The minimum Gasteiger partial charge on any atom is -0.340 e. The number of nitrogens with zero attached hydrogens (tertiary/aromatic N) is 4. The highest BCUT2D eigenvalue weighted by Gasteiger charge is 2.54. The van der Waals surface area contributed by atoms with Crippen molar-refractivity contribution in [2.45, 2.75) is 77.8 Å². The Morgan fingerprint density at radius 3 is 2.44 bits per heavy atom. The lowest BCUT2D eigenvalue weighted by Crippen LogP contribution is -2.37. The Balaban J connectivity index is 0.951. The van der Waals surface area contributed by atoms with Crippen molar-refractivity contribution >= 4 is 34.2 Å². The zero-order chi connectivity index (χ0) is 34.6. The van der Waals surface area contributed by atoms with Gasteiger partial charge in [-0.25, -0.2) is 9.97 Å². The number of thiophene rings is 1. The maximum atomic E-state index is 13.5. The molecule has 8 rings (SSSR count). The van der Waals surface area contributed by atoms with Gasteiger partial charge in [0, 0.05) is 35.0 Å². The summed E-state index contributed by atoms with van der Waals surface area (Å²) in [6, 6.07) is 18.3. The fourth-order valence-corrected chi connectivity index (χ4v) is 8.41. The summed E-state index contributed by atoms with van der Waals surface area (Å²) in [5.41, 5.74) is 5.91. The predicted molar refractivity (Wildman–Crippen MR) is 197 cm³/mol. The van der Waals surface area contributed by atoms with E-state index in [0.717, 1.165) is 82.3 Å². The first kappa shape index (κ1) is 32.5. The normalized spacial score (nSPS) is 20.7. The van der Waals surface area contributed by atoms with Gasteiger partial charge in [0.05, 0.1) is 40.9 Å². The summed E-state index contributed by atoms with van der Waals surface area (Å²) < 4.78 is 0. The summed E-state index contributed by atoms with van der Waals surface area (Å²) in [5.74, 6) is 8.93. The molecular weight excluding hydrogens is 641 g/mol. The van der Waals surface area contributed by atoms with Gasteiger partial charge in [0.1, 0.15) is 11.6 Å². The fraction of sp³-hybridized carbons (Fsp3) is 0.415. The Labute approximate surface area is 297 Å². The van der Waals surface area contributed by atoms with E-state index in [4.69, 9.17) is 9.97 Å². The third-order valence-corrected chi connectivity index (χ3v) is 12.3. The van der Waals surface area contributed by atoms with Gasteiger partial charge in [0.2, 0.25) is 11.8 Å². The van der Waals surface area contributed by atoms with Gasteiger partial charge in [0.25, 0.3) is 0 Å². The lowest BCUT2D eigenvalue weighted by atomic mass is 9.96. The third kappa shape index (κ3) is 6.15. The van der Waals surface area contributed by atoms with Crippen molar-refractivity contribution in [2.75, 3.05) is 13.1 Å². The molecule has 2 aromatic carbocycles. The summed E-state index contributed by atoms with van der Waals surface area (Å²) in [6.45, 7) is 9.90. The van der Waals surface area contributed by atoms with E-state index in [1.807, 2.05) is 59.8 Å². The van der Waals surface area contributed by atoms with Crippen LogP contribution in [0, 0.1) is 29.1 Å². The summed E-state index contributed by atoms with van der Waals surface area (Å²) >= 11 is 1.63. The topological polar surface area (TPSA) is 98.0 Å². The third-order valence-electron chi connectivity index (χ3n) is 11.3. The van der Waals surface area contributed by atoms with Crippen LogP contribution in [0.25, 0.3) is 22.3 Å². The molecule has 1 saturated carbocycles. The average Bonchev–Trinajstić information content (AvgIpc) is 3.79. The largest absolute Gasteiger partial charge is 0.340 e. The number of imidazole rings is 2. The minimum absolute atomic E-state index is 0.00250. The number of nitrogens with one attached hydrogen (secondary N) is 2. The summed E-state index contributed by atoms with van der Waals surface area (Å²) in [7, 11) is 0. The van der Waals surface area contributed by atoms with E-state index >= 15 is 0 Å². The van der Waals surface area contributed by atoms with Crippen molar-refractivity contribution in [3.05, 3.63) is 93.8 Å². The molecule has 0 bridgehead atoms. The number of carbonyl (C=O) groups excluding carboxylic acids is 2. The van der Waals surface area contributed by atoms with Crippen LogP contribution in [0.3, 0.4) is 0 Å². The second-order valence-electron chi connectivity index (χ2n) is 15.0. The molecule has 3 fully saturated rings. The number of likely N-dealkylation sites (tertiary alicyclic amines) is 2. The molecule has 1 spiro atoms. The molecule has 9 heteroatoms. The Morgan fingerprint density at radius 1 is 0.920 bits per heavy atom. The number of aromatic amines is 2. The molecule has 3 aliphatic rings. The molecule has 256 valence electrons. The smallest absolute Gasteiger partial charge is 0.231 e. The van der Waals surface area contributed by atoms with E-state index in [1.54, 1.807) is 11.3 Å². The number of H-pyrrole nitrogens is 2. The lowest BCUT2D eigenvalue weighted by Gasteiger charge is -2.28. The van der Waals surface area contributed by atoms with E-state index in [9.17, 15) is 9.59 Å². The van der Waals surface area contributed by atoms with Crippen LogP contribution in [0.15, 0.2) is 66.2 Å². The molecule has 5 aromatic rings. The first-order valence-corrected chi connectivity index (χ1v) is 18.9. The van der Waals surface area contributed by atoms with Gasteiger partial charge in [-0.2, -0.15) is 0 Å². The van der Waals surface area contributed by atoms with Crippen molar-refractivity contribution in [2.24, 2.45) is 17.3 Å². The summed E-state index contributed by atoms with van der Waals surface area (Å²) in [4.78, 5) is 48.8. The number of benzene rings is 2. The molecule has 50 heavy (non-hydrogen) atoms. The Bertz CT molecular complexity index is 2100. The molecule has 2 saturated heterocycles. The number of carbonyl (C=O) groups is 2. The maximum Gasteiger partial charge on any atom is 0.231 e. The standard InChI is InChI=1S/C41H44N6O2S/c1-25(2)26(3)39(48)47-24-41(17-18-41)22-35(47)38-43-31-16-13-29(21-32(31)44-38)10-9-28-11-14-30(15-12-28)33-23-42-37(45-33)34-7-5-19-46(34)40(49)27(4)36-8-6-20-50-36/h6,8,11-16,20-21,23,25-27,34-35H,5,7,17-19,22,24H2,1-4H3,(H,42,45)(H,43,44)/t26-,27+,34-,35-/m0/s1. The number of hydrogen-bond acceptors (Lipinski definition) is 5. The van der Waals surface area contributed by atoms with Crippen LogP contribution in [0.5, 0.6) is 0 Å². The van der Waals surface area contributed by atoms with Crippen LogP contribution in [0.4, 0.5) is 0 Å². The molecule has 5 heterocycles. The summed E-state index contributed by atoms with van der Waals surface area (Å²) in [5, 5.41) is 2.03. The molecule has 0 radical (unpaired) electrons. The number of hydrogen-bond donors (Lipinski definition) is 2. The van der Waals surface area contributed by atoms with Gasteiger partial charge < -0.3 is 19.8 Å². The van der Waals surface area contributed by atoms with Gasteiger partial charge in [0.15, 0.2) is 0 Å². The first-order chi connectivity index (χ1) is 24.2. The van der Waals surface area contributed by atoms with Crippen LogP contribution in [-0.2, 0) is 9.59 Å². The molecule has 2 N–H and O–H groups in total. The number of fused-ring (bicyclic) bond motifs is 1. The Kier molecular flexibility index (Phi) is 8.39. The van der Waals surface area contributed by atoms with Crippen LogP contribution in [-0.4, -0.2) is 54.6 Å². The van der Waals surface area contributed by atoms with E-state index in [-0.39, 0.29) is 41.1 Å². The molecule has 8 nitrogen and oxygen atoms in total. The van der Waals surface area contributed by atoms with Crippen LogP contribution >= 0.6 is 11.3 Å². The van der Waals surface area contributed by atoms with Crippen molar-refractivity contribution in [1.29, 1.82) is 0 Å². The average molecular weight is 685 g/mol. The quantitative estimate of drug-likeness (QED) is 0.169. The fourth-order valence-electron chi connectivity index (χ4n) is 7.64. The minimum atomic E-state index is -0.148. The van der Waals surface area contributed by atoms with Crippen molar-refractivity contribution in [3.63, 3.8) is 0 Å². The van der Waals surface area contributed by atoms with Crippen molar-refractivity contribution < 1.29 is 9.59 Å². The highest BCUT2D eigenvalue weighted by molar-refractivity contribution is 7.10. The second kappa shape index (κ2) is 12.9. The van der Waals surface area contributed by atoms with E-state index in [1.165, 1.54) is 12.8 Å². The van der Waals surface area contributed by atoms with Crippen LogP contribution in [0.2, 0.25) is 0 Å². The van der Waals surface area contributed by atoms with Crippen LogP contribution < -0.4 is 0 Å². The molecule has 2 aliphatic heterocycles. The Hall–Kier alpha value is -4.68. The van der Waals surface area contributed by atoms with Crippen molar-refractivity contribution in [1.82, 2.24) is 29.7 Å². The number of aromatic nitrogens is 4. The molecule has 0 unspecified atom stereocenters. The SMILES string of the molecule is CC(C)[C@H](C)C(=O)N1CC2(CC2)C[C@H]1c1nc2ccc(C#Cc3ccc(-c4cnc([C@@H]5CCCN5C(=O)[C@H](C)c5cccs5)[nH]4)cc3)cc2[nH]1. The molecule has 4 atom stereocenters. The zero-order valence-electron chi connectivity index (χ0n) is 29.2. The van der Waals surface area contributed by atoms with E-state index in [2.05, 4.69) is 65.7 Å². The molecule has 3 aromatic heterocycles. The molecule has 2 amide bonds. The monoisotopic (exact) mass is 684 g/mol. The number of rotatable bonds is 7. The van der Waals surface area contributed by atoms with Gasteiger partial charge in [-0.05, 0) is 97.7 Å². The highest BCUT2D eigenvalue weighted by Crippen LogP contribution is 2.58. The predicted octanol–water partition coefficient (Wildman–Crippen LogP) is 8.23. The number of amides is 2. The van der Waals surface area contributed by atoms with E-state index < -0.39 is 0 Å². The zero-order valence-corrected chi connectivity index (χ0v) is 30.0. The van der Waals surface area contributed by atoms with Gasteiger partial charge in [-0.3, -0.25) is 9.59 Å². The van der Waals surface area contributed by atoms with Gasteiger partial charge in [-0.15, -0.1) is 11.3 Å².